The van der Waals surface area contributed by atoms with E-state index in [9.17, 15) is 18.0 Å². The van der Waals surface area contributed by atoms with Crippen LogP contribution in [0.1, 0.15) is 23.7 Å². The Morgan fingerprint density at radius 2 is 2.05 bits per heavy atom. The van der Waals surface area contributed by atoms with Gasteiger partial charge in [-0.05, 0) is 25.5 Å². The Kier molecular flexibility index (Phi) is 3.32. The molecule has 1 unspecified atom stereocenters. The molecule has 1 atom stereocenters. The first kappa shape index (κ1) is 14.8. The molecule has 0 aliphatic carbocycles. The normalized spacial score (nSPS) is 23.5. The Morgan fingerprint density at radius 1 is 1.32 bits per heavy atom. The predicted molar refractivity (Wildman–Crippen MR) is 81.6 cm³/mol. The zero-order valence-corrected chi connectivity index (χ0v) is 12.8. The number of carbonyl (C=O) groups excluding carboxylic acids is 1. The summed E-state index contributed by atoms with van der Waals surface area (Å²) in [5.74, 6) is -0.695. The van der Waals surface area contributed by atoms with E-state index in [4.69, 9.17) is 4.42 Å². The fourth-order valence-electron chi connectivity index (χ4n) is 2.67. The van der Waals surface area contributed by atoms with Crippen LogP contribution in [-0.4, -0.2) is 31.4 Å². The topological polar surface area (TPSA) is 93.4 Å². The largest absolute Gasteiger partial charge is 0.422 e. The summed E-state index contributed by atoms with van der Waals surface area (Å²) in [4.78, 5) is 24.2. The third-order valence-electron chi connectivity index (χ3n) is 3.80. The van der Waals surface area contributed by atoms with E-state index < -0.39 is 26.9 Å². The number of hydrogen-bond acceptors (Lipinski definition) is 5. The van der Waals surface area contributed by atoms with Gasteiger partial charge < -0.3 is 9.73 Å². The summed E-state index contributed by atoms with van der Waals surface area (Å²) in [5.41, 5.74) is -1.31. The van der Waals surface area contributed by atoms with Crippen molar-refractivity contribution in [2.45, 2.75) is 18.9 Å². The minimum atomic E-state index is -3.14. The van der Waals surface area contributed by atoms with Crippen LogP contribution in [0.5, 0.6) is 0 Å². The summed E-state index contributed by atoms with van der Waals surface area (Å²) in [6.07, 6.45) is 0.333. The summed E-state index contributed by atoms with van der Waals surface area (Å²) < 4.78 is 28.3. The molecule has 0 bridgehead atoms. The quantitative estimate of drug-likeness (QED) is 0.836. The fraction of sp³-hybridized carbons (Fsp3) is 0.333. The lowest BCUT2D eigenvalue weighted by atomic mass is 10.0. The zero-order chi connectivity index (χ0) is 16.0. The maximum atomic E-state index is 12.3. The molecule has 2 aromatic rings. The van der Waals surface area contributed by atoms with Gasteiger partial charge in [0.2, 0.25) is 0 Å². The highest BCUT2D eigenvalue weighted by Crippen LogP contribution is 2.23. The summed E-state index contributed by atoms with van der Waals surface area (Å²) >= 11 is 0. The molecule has 1 N–H and O–H groups in total. The van der Waals surface area contributed by atoms with E-state index in [1.807, 2.05) is 0 Å². The molecule has 6 nitrogen and oxygen atoms in total. The van der Waals surface area contributed by atoms with Gasteiger partial charge in [-0.15, -0.1) is 0 Å². The molecule has 1 aliphatic heterocycles. The second kappa shape index (κ2) is 4.95. The van der Waals surface area contributed by atoms with Gasteiger partial charge in [-0.25, -0.2) is 13.2 Å². The van der Waals surface area contributed by atoms with E-state index in [-0.39, 0.29) is 17.1 Å². The van der Waals surface area contributed by atoms with Gasteiger partial charge in [0.05, 0.1) is 17.0 Å². The van der Waals surface area contributed by atoms with E-state index in [1.54, 1.807) is 31.2 Å². The Labute approximate surface area is 127 Å². The monoisotopic (exact) mass is 321 g/mol. The average molecular weight is 321 g/mol. The number of amides is 1. The molecule has 1 fully saturated rings. The third kappa shape index (κ3) is 2.76. The van der Waals surface area contributed by atoms with E-state index >= 15 is 0 Å². The molecule has 3 rings (SSSR count). The minimum absolute atomic E-state index is 0.0378. The van der Waals surface area contributed by atoms with Gasteiger partial charge in [-0.2, -0.15) is 0 Å². The summed E-state index contributed by atoms with van der Waals surface area (Å²) in [7, 11) is -3.14. The molecule has 2 heterocycles. The number of para-hydroxylation sites is 1. The number of fused-ring (bicyclic) bond motifs is 1. The number of benzene rings is 1. The van der Waals surface area contributed by atoms with Crippen molar-refractivity contribution in [2.75, 3.05) is 11.5 Å². The van der Waals surface area contributed by atoms with Gasteiger partial charge in [-0.3, -0.25) is 4.79 Å². The molecule has 22 heavy (non-hydrogen) atoms. The summed E-state index contributed by atoms with van der Waals surface area (Å²) in [5, 5.41) is 3.29. The summed E-state index contributed by atoms with van der Waals surface area (Å²) in [6, 6.07) is 8.34. The lowest BCUT2D eigenvalue weighted by molar-refractivity contribution is 0.0912. The molecule has 0 saturated carbocycles. The van der Waals surface area contributed by atoms with Gasteiger partial charge in [0.25, 0.3) is 5.91 Å². The van der Waals surface area contributed by atoms with Gasteiger partial charge in [-0.1, -0.05) is 18.2 Å². The SMILES string of the molecule is CC1(NC(=O)c2cc3ccccc3oc2=O)CCS(=O)(=O)C1. The van der Waals surface area contributed by atoms with Crippen LogP contribution in [0.3, 0.4) is 0 Å². The molecule has 116 valence electrons. The first-order valence-corrected chi connectivity index (χ1v) is 8.66. The van der Waals surface area contributed by atoms with Gasteiger partial charge in [0.15, 0.2) is 9.84 Å². The van der Waals surface area contributed by atoms with Crippen LogP contribution >= 0.6 is 0 Å². The molecule has 1 aromatic carbocycles. The van der Waals surface area contributed by atoms with E-state index in [0.29, 0.717) is 17.4 Å². The first-order valence-electron chi connectivity index (χ1n) is 6.84. The predicted octanol–water partition coefficient (Wildman–Crippen LogP) is 1.10. The van der Waals surface area contributed by atoms with Crippen molar-refractivity contribution in [1.82, 2.24) is 5.32 Å². The second-order valence-electron chi connectivity index (χ2n) is 5.84. The van der Waals surface area contributed by atoms with E-state index in [0.717, 1.165) is 0 Å². The van der Waals surface area contributed by atoms with Gasteiger partial charge in [0, 0.05) is 5.39 Å². The van der Waals surface area contributed by atoms with Crippen LogP contribution in [0, 0.1) is 0 Å². The zero-order valence-electron chi connectivity index (χ0n) is 12.0. The van der Waals surface area contributed by atoms with Crippen LogP contribution in [0.15, 0.2) is 39.5 Å². The minimum Gasteiger partial charge on any atom is -0.422 e. The number of rotatable bonds is 2. The highest BCUT2D eigenvalue weighted by molar-refractivity contribution is 7.91. The maximum Gasteiger partial charge on any atom is 0.349 e. The van der Waals surface area contributed by atoms with Crippen molar-refractivity contribution in [3.8, 4) is 0 Å². The standard InChI is InChI=1S/C15H15NO5S/c1-15(6-7-22(19,20)9-15)16-13(17)11-8-10-4-2-3-5-12(10)21-14(11)18/h2-5,8H,6-7,9H2,1H3,(H,16,17). The molecular formula is C15H15NO5S. The van der Waals surface area contributed by atoms with Crippen LogP contribution in [0.25, 0.3) is 11.0 Å². The van der Waals surface area contributed by atoms with Gasteiger partial charge >= 0.3 is 5.63 Å². The molecule has 0 spiro atoms. The maximum absolute atomic E-state index is 12.3. The average Bonchev–Trinajstić information content (AvgIpc) is 2.71. The molecule has 1 amide bonds. The third-order valence-corrected chi connectivity index (χ3v) is 5.71. The smallest absolute Gasteiger partial charge is 0.349 e. The van der Waals surface area contributed by atoms with Gasteiger partial charge in [0.1, 0.15) is 11.1 Å². The molecule has 7 heteroatoms. The van der Waals surface area contributed by atoms with Crippen molar-refractivity contribution >= 4 is 26.7 Å². The van der Waals surface area contributed by atoms with Crippen molar-refractivity contribution in [2.24, 2.45) is 0 Å². The van der Waals surface area contributed by atoms with Crippen LogP contribution in [0.4, 0.5) is 0 Å². The van der Waals surface area contributed by atoms with Crippen molar-refractivity contribution in [1.29, 1.82) is 0 Å². The number of nitrogens with one attached hydrogen (secondary N) is 1. The van der Waals surface area contributed by atoms with Crippen molar-refractivity contribution < 1.29 is 17.6 Å². The fourth-order valence-corrected chi connectivity index (χ4v) is 4.76. The van der Waals surface area contributed by atoms with Crippen molar-refractivity contribution in [3.05, 3.63) is 46.3 Å². The highest BCUT2D eigenvalue weighted by atomic mass is 32.2. The lowest BCUT2D eigenvalue weighted by Crippen LogP contribution is -2.47. The Hall–Kier alpha value is -2.15. The number of hydrogen-bond donors (Lipinski definition) is 1. The summed E-state index contributed by atoms with van der Waals surface area (Å²) in [6.45, 7) is 1.66. The Bertz CT molecular complexity index is 915. The molecule has 1 aliphatic rings. The first-order chi connectivity index (χ1) is 10.3. The molecule has 1 aromatic heterocycles. The molecular weight excluding hydrogens is 306 g/mol. The Balaban J connectivity index is 1.93. The van der Waals surface area contributed by atoms with E-state index in [1.165, 1.54) is 6.07 Å². The van der Waals surface area contributed by atoms with Crippen LogP contribution < -0.4 is 10.9 Å². The Morgan fingerprint density at radius 3 is 2.73 bits per heavy atom. The highest BCUT2D eigenvalue weighted by Gasteiger charge is 2.39. The van der Waals surface area contributed by atoms with Crippen LogP contribution in [0.2, 0.25) is 0 Å². The molecule has 1 saturated heterocycles. The number of sulfone groups is 1. The second-order valence-corrected chi connectivity index (χ2v) is 8.03. The molecule has 0 radical (unpaired) electrons. The van der Waals surface area contributed by atoms with Crippen molar-refractivity contribution in [3.63, 3.8) is 0 Å². The lowest BCUT2D eigenvalue weighted by Gasteiger charge is -2.23. The van der Waals surface area contributed by atoms with E-state index in [2.05, 4.69) is 5.32 Å². The number of carbonyl (C=O) groups is 1. The van der Waals surface area contributed by atoms with Crippen LogP contribution in [-0.2, 0) is 9.84 Å².